The van der Waals surface area contributed by atoms with E-state index in [1.165, 1.54) is 5.56 Å². The Morgan fingerprint density at radius 3 is 2.80 bits per heavy atom. The fraction of sp³-hybridized carbons (Fsp3) is 0.500. The average molecular weight is 291 g/mol. The summed E-state index contributed by atoms with van der Waals surface area (Å²) in [6.45, 7) is 8.55. The van der Waals surface area contributed by atoms with Crippen LogP contribution in [0.3, 0.4) is 0 Å². The Balaban J connectivity index is 2.36. The van der Waals surface area contributed by atoms with E-state index in [-0.39, 0.29) is 11.9 Å². The quantitative estimate of drug-likeness (QED) is 0.771. The van der Waals surface area contributed by atoms with E-state index in [0.29, 0.717) is 12.5 Å². The lowest BCUT2D eigenvalue weighted by Crippen LogP contribution is -2.17. The Morgan fingerprint density at radius 1 is 1.40 bits per heavy atom. The summed E-state index contributed by atoms with van der Waals surface area (Å²) in [5.74, 6) is 0.0304. The van der Waals surface area contributed by atoms with Crippen molar-refractivity contribution in [3.8, 4) is 0 Å². The third-order valence-electron chi connectivity index (χ3n) is 3.14. The van der Waals surface area contributed by atoms with Crippen molar-refractivity contribution >= 4 is 27.5 Å². The molecule has 0 fully saturated rings. The summed E-state index contributed by atoms with van der Waals surface area (Å²) >= 11 is 1.60. The van der Waals surface area contributed by atoms with Crippen molar-refractivity contribution in [3.63, 3.8) is 0 Å². The van der Waals surface area contributed by atoms with E-state index in [0.717, 1.165) is 21.6 Å². The second-order valence-corrected chi connectivity index (χ2v) is 6.52. The SMILES string of the molecule is CCOC(=O)C(CC(C)C)c1nc2ccc(C)cc2s1. The molecule has 0 spiro atoms. The number of rotatable bonds is 5. The zero-order valence-electron chi connectivity index (χ0n) is 12.5. The molecule has 0 aliphatic rings. The first kappa shape index (κ1) is 15.0. The van der Waals surface area contributed by atoms with E-state index in [4.69, 9.17) is 4.74 Å². The zero-order chi connectivity index (χ0) is 14.7. The number of nitrogens with zero attached hydrogens (tertiary/aromatic N) is 1. The highest BCUT2D eigenvalue weighted by atomic mass is 32.1. The largest absolute Gasteiger partial charge is 0.465 e. The molecule has 1 aromatic carbocycles. The maximum absolute atomic E-state index is 12.2. The number of carbonyl (C=O) groups excluding carboxylic acids is 1. The van der Waals surface area contributed by atoms with Crippen LogP contribution in [-0.2, 0) is 9.53 Å². The average Bonchev–Trinajstić information content (AvgIpc) is 2.78. The van der Waals surface area contributed by atoms with Crippen LogP contribution in [0.5, 0.6) is 0 Å². The van der Waals surface area contributed by atoms with E-state index < -0.39 is 0 Å². The number of hydrogen-bond donors (Lipinski definition) is 0. The second kappa shape index (κ2) is 6.35. The number of thiazole rings is 1. The lowest BCUT2D eigenvalue weighted by atomic mass is 9.98. The molecule has 20 heavy (non-hydrogen) atoms. The van der Waals surface area contributed by atoms with E-state index >= 15 is 0 Å². The maximum Gasteiger partial charge on any atom is 0.315 e. The highest BCUT2D eigenvalue weighted by Gasteiger charge is 2.26. The number of fused-ring (bicyclic) bond motifs is 1. The molecule has 0 radical (unpaired) electrons. The van der Waals surface area contributed by atoms with Crippen molar-refractivity contribution < 1.29 is 9.53 Å². The van der Waals surface area contributed by atoms with Gasteiger partial charge in [-0.25, -0.2) is 4.98 Å². The van der Waals surface area contributed by atoms with Crippen molar-refractivity contribution in [2.75, 3.05) is 6.61 Å². The van der Waals surface area contributed by atoms with Gasteiger partial charge in [0.2, 0.25) is 0 Å². The summed E-state index contributed by atoms with van der Waals surface area (Å²) in [5, 5.41) is 0.873. The Morgan fingerprint density at radius 2 is 2.15 bits per heavy atom. The minimum absolute atomic E-state index is 0.156. The summed E-state index contributed by atoms with van der Waals surface area (Å²) in [5.41, 5.74) is 2.18. The van der Waals surface area contributed by atoms with Crippen molar-refractivity contribution in [1.29, 1.82) is 0 Å². The minimum atomic E-state index is -0.243. The normalized spacial score (nSPS) is 12.8. The van der Waals surface area contributed by atoms with E-state index in [9.17, 15) is 4.79 Å². The molecule has 3 nitrogen and oxygen atoms in total. The van der Waals surface area contributed by atoms with Gasteiger partial charge in [-0.2, -0.15) is 0 Å². The highest BCUT2D eigenvalue weighted by Crippen LogP contribution is 2.32. The fourth-order valence-electron chi connectivity index (χ4n) is 2.21. The fourth-order valence-corrected chi connectivity index (χ4v) is 3.38. The van der Waals surface area contributed by atoms with Crippen LogP contribution < -0.4 is 0 Å². The van der Waals surface area contributed by atoms with Gasteiger partial charge in [-0.3, -0.25) is 4.79 Å². The molecule has 2 rings (SSSR count). The molecule has 1 unspecified atom stereocenters. The number of carbonyl (C=O) groups is 1. The lowest BCUT2D eigenvalue weighted by Gasteiger charge is -2.14. The first-order valence-corrected chi connectivity index (χ1v) is 7.86. The zero-order valence-corrected chi connectivity index (χ0v) is 13.3. The molecule has 108 valence electrons. The predicted molar refractivity (Wildman–Crippen MR) is 83.2 cm³/mol. The molecule has 1 atom stereocenters. The summed E-state index contributed by atoms with van der Waals surface area (Å²) in [4.78, 5) is 16.8. The third-order valence-corrected chi connectivity index (χ3v) is 4.27. The van der Waals surface area contributed by atoms with Crippen LogP contribution in [0.25, 0.3) is 10.2 Å². The number of esters is 1. The van der Waals surface area contributed by atoms with E-state index in [2.05, 4.69) is 31.8 Å². The van der Waals surface area contributed by atoms with E-state index in [1.54, 1.807) is 11.3 Å². The van der Waals surface area contributed by atoms with Gasteiger partial charge in [0.25, 0.3) is 0 Å². The molecule has 0 aliphatic carbocycles. The lowest BCUT2D eigenvalue weighted by molar-refractivity contribution is -0.145. The molecule has 0 saturated heterocycles. The predicted octanol–water partition coefficient (Wildman–Crippen LogP) is 4.30. The Labute approximate surface area is 124 Å². The summed E-state index contributed by atoms with van der Waals surface area (Å²) < 4.78 is 6.34. The minimum Gasteiger partial charge on any atom is -0.465 e. The van der Waals surface area contributed by atoms with Gasteiger partial charge in [0.15, 0.2) is 0 Å². The van der Waals surface area contributed by atoms with Crippen LogP contribution in [0.15, 0.2) is 18.2 Å². The summed E-state index contributed by atoms with van der Waals surface area (Å²) in [7, 11) is 0. The summed E-state index contributed by atoms with van der Waals surface area (Å²) in [6, 6.07) is 6.18. The molecular weight excluding hydrogens is 270 g/mol. The molecule has 0 N–H and O–H groups in total. The summed E-state index contributed by atoms with van der Waals surface area (Å²) in [6.07, 6.45) is 0.775. The smallest absolute Gasteiger partial charge is 0.315 e. The number of aryl methyl sites for hydroxylation is 1. The van der Waals surface area contributed by atoms with Crippen molar-refractivity contribution in [3.05, 3.63) is 28.8 Å². The highest BCUT2D eigenvalue weighted by molar-refractivity contribution is 7.18. The van der Waals surface area contributed by atoms with Crippen LogP contribution in [0.4, 0.5) is 0 Å². The molecule has 1 heterocycles. The van der Waals surface area contributed by atoms with E-state index in [1.807, 2.05) is 19.1 Å². The topological polar surface area (TPSA) is 39.2 Å². The molecule has 0 bridgehead atoms. The Hall–Kier alpha value is -1.42. The van der Waals surface area contributed by atoms with Crippen molar-refractivity contribution in [1.82, 2.24) is 4.98 Å². The van der Waals surface area contributed by atoms with Gasteiger partial charge in [-0.15, -0.1) is 11.3 Å². The Bertz CT molecular complexity index is 604. The van der Waals surface area contributed by atoms with Crippen LogP contribution >= 0.6 is 11.3 Å². The molecule has 0 amide bonds. The van der Waals surface area contributed by atoms with Gasteiger partial charge in [0.1, 0.15) is 10.9 Å². The number of aromatic nitrogens is 1. The van der Waals surface area contributed by atoms with Gasteiger partial charge in [0.05, 0.1) is 16.8 Å². The van der Waals surface area contributed by atoms with Crippen LogP contribution in [0.2, 0.25) is 0 Å². The first-order chi connectivity index (χ1) is 9.51. The molecule has 2 aromatic rings. The van der Waals surface area contributed by atoms with Gasteiger partial charge in [0, 0.05) is 0 Å². The number of ether oxygens (including phenoxy) is 1. The maximum atomic E-state index is 12.2. The van der Waals surface area contributed by atoms with Crippen LogP contribution in [0.1, 0.15) is 43.7 Å². The van der Waals surface area contributed by atoms with Gasteiger partial charge < -0.3 is 4.74 Å². The Kier molecular flexibility index (Phi) is 4.76. The van der Waals surface area contributed by atoms with Gasteiger partial charge >= 0.3 is 5.97 Å². The van der Waals surface area contributed by atoms with Crippen molar-refractivity contribution in [2.24, 2.45) is 5.92 Å². The molecule has 0 aliphatic heterocycles. The molecule has 4 heteroatoms. The molecular formula is C16H21NO2S. The number of benzene rings is 1. The third kappa shape index (κ3) is 3.37. The monoisotopic (exact) mass is 291 g/mol. The number of hydrogen-bond acceptors (Lipinski definition) is 4. The van der Waals surface area contributed by atoms with Crippen LogP contribution in [-0.4, -0.2) is 17.6 Å². The van der Waals surface area contributed by atoms with Crippen molar-refractivity contribution in [2.45, 2.75) is 40.0 Å². The molecule has 0 saturated carbocycles. The standard InChI is InChI=1S/C16H21NO2S/c1-5-19-16(18)12(8-10(2)3)15-17-13-7-6-11(4)9-14(13)20-15/h6-7,9-10,12H,5,8H2,1-4H3. The van der Waals surface area contributed by atoms with Crippen LogP contribution in [0, 0.1) is 12.8 Å². The molecule has 1 aromatic heterocycles. The van der Waals surface area contributed by atoms with Gasteiger partial charge in [-0.1, -0.05) is 19.9 Å². The second-order valence-electron chi connectivity index (χ2n) is 5.46. The first-order valence-electron chi connectivity index (χ1n) is 7.05. The van der Waals surface area contributed by atoms with Gasteiger partial charge in [-0.05, 0) is 43.9 Å².